The summed E-state index contributed by atoms with van der Waals surface area (Å²) in [6.45, 7) is 4.40. The Balaban J connectivity index is 0.00000225. The zero-order valence-corrected chi connectivity index (χ0v) is 15.9. The van der Waals surface area contributed by atoms with Gasteiger partial charge < -0.3 is 10.2 Å². The van der Waals surface area contributed by atoms with Crippen LogP contribution >= 0.6 is 0 Å². The van der Waals surface area contributed by atoms with Crippen molar-refractivity contribution in [3.05, 3.63) is 60.8 Å². The number of benzene rings is 1. The molecule has 0 aliphatic carbocycles. The Morgan fingerprint density at radius 3 is 2.70 bits per heavy atom. The number of likely N-dealkylation sites (tertiary alicyclic amines) is 1. The minimum atomic E-state index is 0. The number of pyridine rings is 1. The van der Waals surface area contributed by atoms with Gasteiger partial charge in [0, 0.05) is 42.6 Å². The normalized spacial score (nSPS) is 16.6. The molecule has 3 heterocycles. The third-order valence-electron chi connectivity index (χ3n) is 5.32. The van der Waals surface area contributed by atoms with E-state index in [-0.39, 0.29) is 1.43 Å². The van der Waals surface area contributed by atoms with E-state index in [1.165, 1.54) is 18.5 Å². The summed E-state index contributed by atoms with van der Waals surface area (Å²) in [4.78, 5) is 15.6. The Morgan fingerprint density at radius 1 is 1.11 bits per heavy atom. The molecule has 2 aromatic heterocycles. The van der Waals surface area contributed by atoms with Gasteiger partial charge in [0.15, 0.2) is 0 Å². The van der Waals surface area contributed by atoms with Crippen LogP contribution in [-0.4, -0.2) is 40.0 Å². The third-order valence-corrected chi connectivity index (χ3v) is 5.32. The van der Waals surface area contributed by atoms with Gasteiger partial charge in [0.2, 0.25) is 0 Å². The highest BCUT2D eigenvalue weighted by molar-refractivity contribution is 5.88. The maximum atomic E-state index is 4.62. The smallest absolute Gasteiger partial charge is 0.130 e. The van der Waals surface area contributed by atoms with Crippen molar-refractivity contribution in [2.75, 3.05) is 25.5 Å². The predicted octanol–water partition coefficient (Wildman–Crippen LogP) is 4.60. The summed E-state index contributed by atoms with van der Waals surface area (Å²) < 4.78 is 0. The summed E-state index contributed by atoms with van der Waals surface area (Å²) >= 11 is 0. The first-order valence-electron chi connectivity index (χ1n) is 9.51. The highest BCUT2D eigenvalue weighted by Crippen LogP contribution is 2.27. The molecule has 5 nitrogen and oxygen atoms in total. The summed E-state index contributed by atoms with van der Waals surface area (Å²) in [5, 5.41) is 5.84. The van der Waals surface area contributed by atoms with Crippen LogP contribution in [0.1, 0.15) is 21.2 Å². The monoisotopic (exact) mass is 361 g/mol. The summed E-state index contributed by atoms with van der Waals surface area (Å²) in [5.74, 6) is 1.47. The molecule has 140 valence electrons. The average Bonchev–Trinajstić information content (AvgIpc) is 2.73. The largest absolute Gasteiger partial charge is 0.344 e. The second kappa shape index (κ2) is 7.84. The van der Waals surface area contributed by atoms with Gasteiger partial charge in [0.1, 0.15) is 5.82 Å². The minimum absolute atomic E-state index is 0. The first kappa shape index (κ1) is 17.6. The van der Waals surface area contributed by atoms with Gasteiger partial charge in [-0.05, 0) is 57.4 Å². The van der Waals surface area contributed by atoms with E-state index in [2.05, 4.69) is 69.5 Å². The molecule has 0 unspecified atom stereocenters. The summed E-state index contributed by atoms with van der Waals surface area (Å²) in [5.41, 5.74) is 3.22. The number of anilines is 1. The lowest BCUT2D eigenvalue weighted by atomic mass is 9.93. The van der Waals surface area contributed by atoms with Crippen LogP contribution in [0, 0.1) is 5.92 Å². The van der Waals surface area contributed by atoms with Crippen molar-refractivity contribution in [3.63, 3.8) is 0 Å². The third kappa shape index (κ3) is 3.98. The van der Waals surface area contributed by atoms with Crippen molar-refractivity contribution in [2.45, 2.75) is 19.8 Å². The zero-order chi connectivity index (χ0) is 18.6. The quantitative estimate of drug-likeness (QED) is 0.736. The molecular weight excluding hydrogens is 334 g/mol. The van der Waals surface area contributed by atoms with Crippen LogP contribution in [0.2, 0.25) is 0 Å². The Kier molecular flexibility index (Phi) is 5.12. The molecule has 0 saturated carbocycles. The maximum Gasteiger partial charge on any atom is 0.130 e. The molecule has 0 bridgehead atoms. The van der Waals surface area contributed by atoms with E-state index in [9.17, 15) is 0 Å². The highest BCUT2D eigenvalue weighted by Gasteiger charge is 2.20. The number of rotatable bonds is 4. The molecule has 0 radical (unpaired) electrons. The first-order valence-corrected chi connectivity index (χ1v) is 9.51. The van der Waals surface area contributed by atoms with Gasteiger partial charge in [-0.1, -0.05) is 18.2 Å². The molecule has 0 spiro atoms. The fourth-order valence-electron chi connectivity index (χ4n) is 3.69. The lowest BCUT2D eigenvalue weighted by Gasteiger charge is -2.30. The van der Waals surface area contributed by atoms with Crippen molar-refractivity contribution in [1.82, 2.24) is 19.9 Å². The molecule has 5 heteroatoms. The fraction of sp³-hybridized carbons (Fsp3) is 0.318. The topological polar surface area (TPSA) is 53.9 Å². The lowest BCUT2D eigenvalue weighted by molar-refractivity contribution is 0.238. The van der Waals surface area contributed by atoms with Gasteiger partial charge in [-0.25, -0.2) is 4.98 Å². The number of hydrogen-bond donors (Lipinski definition) is 1. The summed E-state index contributed by atoms with van der Waals surface area (Å²) in [7, 11) is 2.19. The van der Waals surface area contributed by atoms with Gasteiger partial charge in [0.05, 0.1) is 11.9 Å². The van der Waals surface area contributed by atoms with Crippen LogP contribution in [-0.2, 0) is 0 Å². The van der Waals surface area contributed by atoms with E-state index in [0.717, 1.165) is 40.9 Å². The first-order chi connectivity index (χ1) is 13.2. The maximum absolute atomic E-state index is 4.62. The van der Waals surface area contributed by atoms with Crippen LogP contribution in [0.3, 0.4) is 0 Å². The van der Waals surface area contributed by atoms with Gasteiger partial charge >= 0.3 is 0 Å². The van der Waals surface area contributed by atoms with E-state index in [1.54, 1.807) is 18.6 Å². The molecule has 1 aromatic carbocycles. The number of nitrogens with zero attached hydrogens (tertiary/aromatic N) is 4. The molecule has 1 saturated heterocycles. The molecule has 4 rings (SSSR count). The molecular formula is C22H27N5. The average molecular weight is 361 g/mol. The minimum Gasteiger partial charge on any atom is -0.344 e. The molecule has 1 aliphatic rings. The Bertz CT molecular complexity index is 950. The van der Waals surface area contributed by atoms with Crippen LogP contribution < -0.4 is 5.32 Å². The standard InChI is InChI=1S/C22H25N5.H2/c1-3-20(16-6-10-27(2)11-7-16)26-22-13-19-12-17(4-5-18(19)14-25-22)21-15-23-8-9-24-21;/h3-5,8-9,12-16H,6-7,10-11H2,1-2H3,(H,25,26);1H/b20-3+;. The van der Waals surface area contributed by atoms with E-state index in [1.807, 2.05) is 6.20 Å². The SMILES string of the molecule is C/C=C(/Nc1cc2cc(-c3cnccn3)ccc2cn1)C1CCN(C)CC1.[HH]. The lowest BCUT2D eigenvalue weighted by Crippen LogP contribution is -2.32. The Hall–Kier alpha value is -2.79. The summed E-state index contributed by atoms with van der Waals surface area (Å²) in [6, 6.07) is 8.42. The van der Waals surface area contributed by atoms with Crippen molar-refractivity contribution >= 4 is 16.6 Å². The Labute approximate surface area is 161 Å². The van der Waals surface area contributed by atoms with Gasteiger partial charge in [0.25, 0.3) is 0 Å². The molecule has 0 amide bonds. The van der Waals surface area contributed by atoms with Crippen molar-refractivity contribution < 1.29 is 1.43 Å². The number of nitrogens with one attached hydrogen (secondary N) is 1. The highest BCUT2D eigenvalue weighted by atomic mass is 15.1. The van der Waals surface area contributed by atoms with E-state index in [4.69, 9.17) is 0 Å². The van der Waals surface area contributed by atoms with Gasteiger partial charge in [-0.3, -0.25) is 9.97 Å². The zero-order valence-electron chi connectivity index (χ0n) is 15.9. The predicted molar refractivity (Wildman–Crippen MR) is 112 cm³/mol. The fourth-order valence-corrected chi connectivity index (χ4v) is 3.69. The molecule has 1 aliphatic heterocycles. The van der Waals surface area contributed by atoms with Crippen LogP contribution in [0.5, 0.6) is 0 Å². The molecule has 3 aromatic rings. The molecule has 27 heavy (non-hydrogen) atoms. The van der Waals surface area contributed by atoms with Gasteiger partial charge in [-0.15, -0.1) is 0 Å². The number of fused-ring (bicyclic) bond motifs is 1. The van der Waals surface area contributed by atoms with Crippen LogP contribution in [0.15, 0.2) is 60.8 Å². The number of aromatic nitrogens is 3. The van der Waals surface area contributed by atoms with Crippen molar-refractivity contribution in [1.29, 1.82) is 0 Å². The number of hydrogen-bond acceptors (Lipinski definition) is 5. The van der Waals surface area contributed by atoms with Crippen molar-refractivity contribution in [2.24, 2.45) is 5.92 Å². The second-order valence-electron chi connectivity index (χ2n) is 7.17. The van der Waals surface area contributed by atoms with Crippen LogP contribution in [0.25, 0.3) is 22.0 Å². The Morgan fingerprint density at radius 2 is 1.96 bits per heavy atom. The van der Waals surface area contributed by atoms with E-state index < -0.39 is 0 Å². The molecule has 1 fully saturated rings. The number of piperidine rings is 1. The van der Waals surface area contributed by atoms with Crippen LogP contribution in [0.4, 0.5) is 5.82 Å². The summed E-state index contributed by atoms with van der Waals surface area (Å²) in [6.07, 6.45) is 11.7. The second-order valence-corrected chi connectivity index (χ2v) is 7.17. The van der Waals surface area contributed by atoms with E-state index in [0.29, 0.717) is 5.92 Å². The molecule has 1 N–H and O–H groups in total. The van der Waals surface area contributed by atoms with Gasteiger partial charge in [-0.2, -0.15) is 0 Å². The number of allylic oxidation sites excluding steroid dienone is 2. The molecule has 0 atom stereocenters. The van der Waals surface area contributed by atoms with E-state index >= 15 is 0 Å². The van der Waals surface area contributed by atoms with Crippen molar-refractivity contribution in [3.8, 4) is 11.3 Å².